The number of nitrogens with one attached hydrogen (secondary N) is 1. The topological polar surface area (TPSA) is 12.0 Å². The second kappa shape index (κ2) is 7.57. The Morgan fingerprint density at radius 3 is 2.24 bits per heavy atom. The highest BCUT2D eigenvalue weighted by Gasteiger charge is 2.16. The number of halogens is 2. The maximum Gasteiger partial charge on any atom is 0.0580 e. The van der Waals surface area contributed by atoms with Crippen LogP contribution in [0, 0.1) is 13.8 Å². The molecule has 0 saturated heterocycles. The third kappa shape index (κ3) is 4.41. The summed E-state index contributed by atoms with van der Waals surface area (Å²) in [7, 11) is 0. The molecule has 1 N–H and O–H groups in total. The Labute approximate surface area is 144 Å². The average Bonchev–Trinajstić information content (AvgIpc) is 2.40. The quantitative estimate of drug-likeness (QED) is 0.645. The molecule has 2 aromatic rings. The van der Waals surface area contributed by atoms with Crippen molar-refractivity contribution in [3.63, 3.8) is 0 Å². The number of hydrogen-bond donors (Lipinski definition) is 1. The summed E-state index contributed by atoms with van der Waals surface area (Å²) in [5.41, 5.74) is 5.26. The van der Waals surface area contributed by atoms with Crippen LogP contribution in [0.5, 0.6) is 0 Å². The molecule has 0 bridgehead atoms. The number of rotatable bonds is 5. The van der Waals surface area contributed by atoms with Gasteiger partial charge in [-0.05, 0) is 61.7 Å². The molecule has 0 aliphatic heterocycles. The summed E-state index contributed by atoms with van der Waals surface area (Å²) in [4.78, 5) is 0. The van der Waals surface area contributed by atoms with Crippen LogP contribution < -0.4 is 5.32 Å². The summed E-state index contributed by atoms with van der Waals surface area (Å²) >= 11 is 7.19. The number of hydrogen-bond acceptors (Lipinski definition) is 1. The zero-order valence-corrected chi connectivity index (χ0v) is 15.9. The van der Waals surface area contributed by atoms with Crippen molar-refractivity contribution in [2.24, 2.45) is 0 Å². The third-order valence-electron chi connectivity index (χ3n) is 3.55. The maximum atomic E-state index is 3.68. The van der Waals surface area contributed by atoms with Crippen molar-refractivity contribution in [2.75, 3.05) is 6.54 Å². The van der Waals surface area contributed by atoms with Gasteiger partial charge in [-0.15, -0.1) is 0 Å². The zero-order chi connectivity index (χ0) is 15.4. The molecular formula is C18H21Br2N. The van der Waals surface area contributed by atoms with Crippen molar-refractivity contribution in [1.82, 2.24) is 5.32 Å². The fourth-order valence-electron chi connectivity index (χ4n) is 2.59. The van der Waals surface area contributed by atoms with Crippen molar-refractivity contribution < 1.29 is 0 Å². The third-order valence-corrected chi connectivity index (χ3v) is 4.47. The molecule has 3 heteroatoms. The van der Waals surface area contributed by atoms with Crippen molar-refractivity contribution in [1.29, 1.82) is 0 Å². The van der Waals surface area contributed by atoms with Gasteiger partial charge in [-0.25, -0.2) is 0 Å². The van der Waals surface area contributed by atoms with Gasteiger partial charge in [-0.1, -0.05) is 62.5 Å². The van der Waals surface area contributed by atoms with Crippen molar-refractivity contribution >= 4 is 31.9 Å². The van der Waals surface area contributed by atoms with Crippen LogP contribution in [-0.4, -0.2) is 6.54 Å². The van der Waals surface area contributed by atoms with E-state index in [9.17, 15) is 0 Å². The van der Waals surface area contributed by atoms with Crippen molar-refractivity contribution in [3.05, 3.63) is 67.6 Å². The standard InChI is InChI=1S/C18H21Br2N/c1-4-7-21-18(14-9-15(19)11-16(20)10-14)17-6-5-12(2)8-13(17)3/h5-6,8-11,18,21H,4,7H2,1-3H3. The van der Waals surface area contributed by atoms with Crippen LogP contribution >= 0.6 is 31.9 Å². The first-order chi connectivity index (χ1) is 10.0. The first-order valence-electron chi connectivity index (χ1n) is 7.27. The van der Waals surface area contributed by atoms with Gasteiger partial charge in [-0.2, -0.15) is 0 Å². The Balaban J connectivity index is 2.46. The maximum absolute atomic E-state index is 3.68. The second-order valence-electron chi connectivity index (χ2n) is 5.45. The predicted molar refractivity (Wildman–Crippen MR) is 97.9 cm³/mol. The first-order valence-corrected chi connectivity index (χ1v) is 8.86. The van der Waals surface area contributed by atoms with Gasteiger partial charge in [0, 0.05) is 8.95 Å². The van der Waals surface area contributed by atoms with E-state index in [0.29, 0.717) is 0 Å². The minimum absolute atomic E-state index is 0.222. The van der Waals surface area contributed by atoms with Gasteiger partial charge >= 0.3 is 0 Å². The van der Waals surface area contributed by atoms with Crippen LogP contribution in [0.25, 0.3) is 0 Å². The molecule has 0 heterocycles. The van der Waals surface area contributed by atoms with E-state index >= 15 is 0 Å². The van der Waals surface area contributed by atoms with Gasteiger partial charge in [0.25, 0.3) is 0 Å². The fraction of sp³-hybridized carbons (Fsp3) is 0.333. The van der Waals surface area contributed by atoms with E-state index < -0.39 is 0 Å². The molecule has 0 fully saturated rings. The lowest BCUT2D eigenvalue weighted by Crippen LogP contribution is -2.24. The van der Waals surface area contributed by atoms with E-state index in [2.05, 4.69) is 94.3 Å². The lowest BCUT2D eigenvalue weighted by molar-refractivity contribution is 0.596. The summed E-state index contributed by atoms with van der Waals surface area (Å²) in [6.07, 6.45) is 1.12. The lowest BCUT2D eigenvalue weighted by Gasteiger charge is -2.22. The van der Waals surface area contributed by atoms with Crippen LogP contribution in [0.15, 0.2) is 45.3 Å². The molecule has 2 rings (SSSR count). The molecule has 1 nitrogen and oxygen atoms in total. The largest absolute Gasteiger partial charge is 0.306 e. The van der Waals surface area contributed by atoms with Crippen LogP contribution in [0.1, 0.15) is 41.6 Å². The van der Waals surface area contributed by atoms with E-state index in [4.69, 9.17) is 0 Å². The predicted octanol–water partition coefficient (Wildman–Crippen LogP) is 5.92. The smallest absolute Gasteiger partial charge is 0.0580 e. The number of aryl methyl sites for hydroxylation is 2. The summed E-state index contributed by atoms with van der Waals surface area (Å²) < 4.78 is 2.19. The van der Waals surface area contributed by atoms with Crippen molar-refractivity contribution in [2.45, 2.75) is 33.2 Å². The van der Waals surface area contributed by atoms with Crippen LogP contribution in [0.2, 0.25) is 0 Å². The van der Waals surface area contributed by atoms with Gasteiger partial charge < -0.3 is 5.32 Å². The highest BCUT2D eigenvalue weighted by molar-refractivity contribution is 9.11. The Morgan fingerprint density at radius 1 is 1.00 bits per heavy atom. The highest BCUT2D eigenvalue weighted by Crippen LogP contribution is 2.30. The summed E-state index contributed by atoms with van der Waals surface area (Å²) in [5, 5.41) is 3.68. The summed E-state index contributed by atoms with van der Waals surface area (Å²) in [5.74, 6) is 0. The first kappa shape index (κ1) is 16.7. The SMILES string of the molecule is CCCNC(c1cc(Br)cc(Br)c1)c1ccc(C)cc1C. The van der Waals surface area contributed by atoms with Crippen LogP contribution in [-0.2, 0) is 0 Å². The minimum Gasteiger partial charge on any atom is -0.306 e. The molecule has 2 aromatic carbocycles. The monoisotopic (exact) mass is 409 g/mol. The van der Waals surface area contributed by atoms with Crippen molar-refractivity contribution in [3.8, 4) is 0 Å². The Bertz CT molecular complexity index is 602. The molecule has 0 saturated carbocycles. The van der Waals surface area contributed by atoms with Gasteiger partial charge in [0.05, 0.1) is 6.04 Å². The molecule has 1 atom stereocenters. The molecule has 112 valence electrons. The minimum atomic E-state index is 0.222. The molecular weight excluding hydrogens is 390 g/mol. The molecule has 21 heavy (non-hydrogen) atoms. The van der Waals surface area contributed by atoms with Gasteiger partial charge in [0.2, 0.25) is 0 Å². The molecule has 0 aliphatic carbocycles. The van der Waals surface area contributed by atoms with Crippen LogP contribution in [0.4, 0.5) is 0 Å². The van der Waals surface area contributed by atoms with Gasteiger partial charge in [0.1, 0.15) is 0 Å². The molecule has 0 aliphatic rings. The molecule has 1 unspecified atom stereocenters. The van der Waals surface area contributed by atoms with E-state index in [1.54, 1.807) is 0 Å². The molecule has 0 amide bonds. The van der Waals surface area contributed by atoms with E-state index in [0.717, 1.165) is 21.9 Å². The van der Waals surface area contributed by atoms with Gasteiger partial charge in [-0.3, -0.25) is 0 Å². The highest BCUT2D eigenvalue weighted by atomic mass is 79.9. The average molecular weight is 411 g/mol. The van der Waals surface area contributed by atoms with E-state index in [-0.39, 0.29) is 6.04 Å². The van der Waals surface area contributed by atoms with E-state index in [1.807, 2.05) is 0 Å². The zero-order valence-electron chi connectivity index (χ0n) is 12.7. The summed E-state index contributed by atoms with van der Waals surface area (Å²) in [6.45, 7) is 7.53. The fourth-order valence-corrected chi connectivity index (χ4v) is 3.92. The molecule has 0 aromatic heterocycles. The van der Waals surface area contributed by atoms with Crippen LogP contribution in [0.3, 0.4) is 0 Å². The number of benzene rings is 2. The Hall–Kier alpha value is -0.640. The molecule has 0 spiro atoms. The normalized spacial score (nSPS) is 12.4. The van der Waals surface area contributed by atoms with E-state index in [1.165, 1.54) is 22.3 Å². The summed E-state index contributed by atoms with van der Waals surface area (Å²) in [6, 6.07) is 13.4. The van der Waals surface area contributed by atoms with Gasteiger partial charge in [0.15, 0.2) is 0 Å². The Morgan fingerprint density at radius 2 is 1.67 bits per heavy atom. The lowest BCUT2D eigenvalue weighted by atomic mass is 9.94. The Kier molecular flexibility index (Phi) is 6.03. The second-order valence-corrected chi connectivity index (χ2v) is 7.28. The molecule has 0 radical (unpaired) electrons.